The van der Waals surface area contributed by atoms with Crippen molar-refractivity contribution < 1.29 is 13.6 Å². The number of hydrogen-bond acceptors (Lipinski definition) is 5. The molecule has 0 spiro atoms. The lowest BCUT2D eigenvalue weighted by Crippen LogP contribution is -2.40. The first kappa shape index (κ1) is 23.1. The lowest BCUT2D eigenvalue weighted by molar-refractivity contribution is 0.0926. The third kappa shape index (κ3) is 5.90. The molecule has 1 saturated carbocycles. The fourth-order valence-electron chi connectivity index (χ4n) is 3.21. The summed E-state index contributed by atoms with van der Waals surface area (Å²) in [6.07, 6.45) is 4.75. The number of rotatable bonds is 5. The van der Waals surface area contributed by atoms with Crippen molar-refractivity contribution in [2.24, 2.45) is 0 Å². The van der Waals surface area contributed by atoms with E-state index in [-0.39, 0.29) is 30.1 Å². The summed E-state index contributed by atoms with van der Waals surface area (Å²) in [6.45, 7) is 0. The smallest absolute Gasteiger partial charge is 0.251 e. The fraction of sp³-hybridized carbons (Fsp3) is 0.421. The maximum absolute atomic E-state index is 13.3. The van der Waals surface area contributed by atoms with Gasteiger partial charge in [0.05, 0.1) is 6.20 Å². The quantitative estimate of drug-likeness (QED) is 0.726. The Kier molecular flexibility index (Phi) is 7.98. The van der Waals surface area contributed by atoms with Gasteiger partial charge in [0.25, 0.3) is 5.91 Å². The predicted octanol–water partition coefficient (Wildman–Crippen LogP) is 4.05. The molecule has 0 unspecified atom stereocenters. The molecule has 6 nitrogen and oxygen atoms in total. The molecule has 10 heteroatoms. The van der Waals surface area contributed by atoms with Gasteiger partial charge in [0, 0.05) is 31.7 Å². The summed E-state index contributed by atoms with van der Waals surface area (Å²) in [5, 5.41) is 6.68. The Morgan fingerprint density at radius 2 is 1.79 bits per heavy atom. The van der Waals surface area contributed by atoms with E-state index in [4.69, 9.17) is 11.6 Å². The van der Waals surface area contributed by atoms with Crippen LogP contribution in [0.4, 0.5) is 20.5 Å². The SMILES string of the molecule is CN(C)c1nc(N[C@H]2CC[C@@H](NC(=O)c3ccc(F)c(F)c3)CC2)ncc1Cl.Cl. The number of anilines is 2. The molecule has 2 N–H and O–H groups in total. The molecule has 1 aliphatic rings. The lowest BCUT2D eigenvalue weighted by Gasteiger charge is -2.30. The molecular formula is C19H23Cl2F2N5O. The van der Waals surface area contributed by atoms with E-state index >= 15 is 0 Å². The minimum atomic E-state index is -1.03. The molecule has 0 radical (unpaired) electrons. The van der Waals surface area contributed by atoms with E-state index in [1.54, 1.807) is 6.20 Å². The summed E-state index contributed by atoms with van der Waals surface area (Å²) < 4.78 is 26.3. The molecule has 1 aliphatic carbocycles. The zero-order chi connectivity index (χ0) is 20.3. The third-order valence-electron chi connectivity index (χ3n) is 4.73. The Morgan fingerprint density at radius 3 is 2.41 bits per heavy atom. The molecular weight excluding hydrogens is 423 g/mol. The molecule has 1 fully saturated rings. The van der Waals surface area contributed by atoms with Gasteiger partial charge in [-0.1, -0.05) is 11.6 Å². The Morgan fingerprint density at radius 1 is 1.14 bits per heavy atom. The number of hydrogen-bond donors (Lipinski definition) is 2. The topological polar surface area (TPSA) is 70.2 Å². The van der Waals surface area contributed by atoms with Gasteiger partial charge in [-0.3, -0.25) is 4.79 Å². The van der Waals surface area contributed by atoms with E-state index < -0.39 is 17.5 Å². The number of nitrogens with one attached hydrogen (secondary N) is 2. The molecule has 1 aromatic carbocycles. The van der Waals surface area contributed by atoms with Gasteiger partial charge in [-0.25, -0.2) is 13.8 Å². The predicted molar refractivity (Wildman–Crippen MR) is 112 cm³/mol. The summed E-state index contributed by atoms with van der Waals surface area (Å²) in [5.74, 6) is -1.23. The van der Waals surface area contributed by atoms with Crippen molar-refractivity contribution in [1.29, 1.82) is 0 Å². The van der Waals surface area contributed by atoms with Crippen LogP contribution in [0, 0.1) is 11.6 Å². The highest BCUT2D eigenvalue weighted by Crippen LogP contribution is 2.25. The molecule has 1 aromatic heterocycles. The number of amides is 1. The van der Waals surface area contributed by atoms with Crippen molar-refractivity contribution in [3.8, 4) is 0 Å². The number of carbonyl (C=O) groups is 1. The minimum absolute atomic E-state index is 0. The Bertz CT molecular complexity index is 860. The Labute approximate surface area is 179 Å². The number of nitrogens with zero attached hydrogens (tertiary/aromatic N) is 3. The van der Waals surface area contributed by atoms with Gasteiger partial charge < -0.3 is 15.5 Å². The van der Waals surface area contributed by atoms with Gasteiger partial charge in [-0.05, 0) is 43.9 Å². The van der Waals surface area contributed by atoms with Crippen LogP contribution in [0.25, 0.3) is 0 Å². The van der Waals surface area contributed by atoms with Gasteiger partial charge >= 0.3 is 0 Å². The normalized spacial score (nSPS) is 18.5. The summed E-state index contributed by atoms with van der Waals surface area (Å²) in [5.41, 5.74) is 0.116. The van der Waals surface area contributed by atoms with Gasteiger partial charge in [0.2, 0.25) is 5.95 Å². The average Bonchev–Trinajstić information content (AvgIpc) is 2.66. The summed E-state index contributed by atoms with van der Waals surface area (Å²) >= 11 is 6.09. The van der Waals surface area contributed by atoms with Crippen LogP contribution in [-0.4, -0.2) is 42.1 Å². The first-order chi connectivity index (χ1) is 13.3. The highest BCUT2D eigenvalue weighted by molar-refractivity contribution is 6.32. The third-order valence-corrected chi connectivity index (χ3v) is 4.99. The second-order valence-electron chi connectivity index (χ2n) is 7.05. The molecule has 0 atom stereocenters. The van der Waals surface area contributed by atoms with Crippen molar-refractivity contribution in [2.45, 2.75) is 37.8 Å². The Hall–Kier alpha value is -2.19. The van der Waals surface area contributed by atoms with Crippen molar-refractivity contribution in [3.05, 3.63) is 46.6 Å². The second-order valence-corrected chi connectivity index (χ2v) is 7.46. The van der Waals surface area contributed by atoms with Crippen LogP contribution in [0.5, 0.6) is 0 Å². The van der Waals surface area contributed by atoms with Gasteiger partial charge in [0.1, 0.15) is 5.02 Å². The van der Waals surface area contributed by atoms with E-state index in [0.717, 1.165) is 37.8 Å². The summed E-state index contributed by atoms with van der Waals surface area (Å²) in [7, 11) is 3.72. The molecule has 0 saturated heterocycles. The van der Waals surface area contributed by atoms with Crippen LogP contribution in [0.15, 0.2) is 24.4 Å². The molecule has 0 bridgehead atoms. The minimum Gasteiger partial charge on any atom is -0.361 e. The van der Waals surface area contributed by atoms with Crippen molar-refractivity contribution >= 4 is 41.7 Å². The molecule has 3 rings (SSSR count). The average molecular weight is 446 g/mol. The van der Waals surface area contributed by atoms with Gasteiger partial charge in [-0.15, -0.1) is 12.4 Å². The second kappa shape index (κ2) is 10.0. The van der Waals surface area contributed by atoms with E-state index in [2.05, 4.69) is 20.6 Å². The molecule has 0 aliphatic heterocycles. The van der Waals surface area contributed by atoms with Crippen LogP contribution in [0.3, 0.4) is 0 Å². The number of aromatic nitrogens is 2. The summed E-state index contributed by atoms with van der Waals surface area (Å²) in [4.78, 5) is 22.7. The molecule has 29 heavy (non-hydrogen) atoms. The molecule has 1 heterocycles. The van der Waals surface area contributed by atoms with E-state index in [9.17, 15) is 13.6 Å². The number of halogens is 4. The highest BCUT2D eigenvalue weighted by Gasteiger charge is 2.24. The van der Waals surface area contributed by atoms with E-state index in [1.807, 2.05) is 19.0 Å². The van der Waals surface area contributed by atoms with Crippen LogP contribution >= 0.6 is 24.0 Å². The fourth-order valence-corrected chi connectivity index (χ4v) is 3.47. The Balaban J connectivity index is 0.00000300. The van der Waals surface area contributed by atoms with Crippen LogP contribution in [-0.2, 0) is 0 Å². The zero-order valence-electron chi connectivity index (χ0n) is 16.1. The monoisotopic (exact) mass is 445 g/mol. The highest BCUT2D eigenvalue weighted by atomic mass is 35.5. The number of benzene rings is 1. The number of carbonyl (C=O) groups excluding carboxylic acids is 1. The maximum Gasteiger partial charge on any atom is 0.251 e. The maximum atomic E-state index is 13.3. The summed E-state index contributed by atoms with van der Waals surface area (Å²) in [6, 6.07) is 3.33. The van der Waals surface area contributed by atoms with Crippen molar-refractivity contribution in [3.63, 3.8) is 0 Å². The molecule has 2 aromatic rings. The van der Waals surface area contributed by atoms with Gasteiger partial charge in [-0.2, -0.15) is 4.98 Å². The van der Waals surface area contributed by atoms with Gasteiger partial charge in [0.15, 0.2) is 17.5 Å². The van der Waals surface area contributed by atoms with Crippen molar-refractivity contribution in [1.82, 2.24) is 15.3 Å². The lowest BCUT2D eigenvalue weighted by atomic mass is 9.91. The first-order valence-corrected chi connectivity index (χ1v) is 9.43. The van der Waals surface area contributed by atoms with Crippen LogP contribution in [0.2, 0.25) is 5.02 Å². The standard InChI is InChI=1S/C19H22ClF2N5O.ClH/c1-27(2)17-14(20)10-23-19(26-17)25-13-6-4-12(5-7-13)24-18(28)11-3-8-15(21)16(22)9-11;/h3,8-10,12-13H,4-7H2,1-2H3,(H,24,28)(H,23,25,26);1H/t12-,13+;. The van der Waals surface area contributed by atoms with Crippen LogP contribution in [0.1, 0.15) is 36.0 Å². The van der Waals surface area contributed by atoms with E-state index in [0.29, 0.717) is 16.8 Å². The van der Waals surface area contributed by atoms with Crippen molar-refractivity contribution in [2.75, 3.05) is 24.3 Å². The van der Waals surface area contributed by atoms with Crippen LogP contribution < -0.4 is 15.5 Å². The largest absolute Gasteiger partial charge is 0.361 e. The molecule has 1 amide bonds. The zero-order valence-corrected chi connectivity index (χ0v) is 17.7. The van der Waals surface area contributed by atoms with E-state index in [1.165, 1.54) is 6.07 Å². The first-order valence-electron chi connectivity index (χ1n) is 9.06. The molecule has 158 valence electrons.